The van der Waals surface area contributed by atoms with Gasteiger partial charge < -0.3 is 10.2 Å². The van der Waals surface area contributed by atoms with Crippen molar-refractivity contribution in [2.45, 2.75) is 13.0 Å². The molecule has 0 aliphatic carbocycles. The second-order valence-electron chi connectivity index (χ2n) is 3.05. The van der Waals surface area contributed by atoms with Crippen molar-refractivity contribution in [3.63, 3.8) is 0 Å². The maximum Gasteiger partial charge on any atom is 0.169 e. The molecule has 0 fully saturated rings. The number of hydrogen-bond donors (Lipinski definition) is 1. The Labute approximate surface area is 94.9 Å². The molecule has 0 bridgehead atoms. The maximum atomic E-state index is 6.07. The van der Waals surface area contributed by atoms with E-state index in [4.69, 9.17) is 10.2 Å². The van der Waals surface area contributed by atoms with Gasteiger partial charge in [0.2, 0.25) is 0 Å². The minimum atomic E-state index is -0.160. The zero-order valence-corrected chi connectivity index (χ0v) is 10.1. The fraction of sp³-hybridized carbons (Fsp3) is 0.200. The molecule has 14 heavy (non-hydrogen) atoms. The Balaban J connectivity index is 2.33. The van der Waals surface area contributed by atoms with Crippen molar-refractivity contribution in [2.24, 2.45) is 5.73 Å². The van der Waals surface area contributed by atoms with Crippen LogP contribution in [0.3, 0.4) is 0 Å². The van der Waals surface area contributed by atoms with Crippen LogP contribution in [-0.2, 0) is 0 Å². The van der Waals surface area contributed by atoms with Gasteiger partial charge in [0.25, 0.3) is 0 Å². The highest BCUT2D eigenvalue weighted by Crippen LogP contribution is 2.28. The summed E-state index contributed by atoms with van der Waals surface area (Å²) in [6.45, 7) is 2.07. The number of hydrogen-bond acceptors (Lipinski definition) is 3. The molecule has 2 aromatic heterocycles. The number of aryl methyl sites for hydroxylation is 1. The SMILES string of the molecule is Cc1sccc1C(N)c1ccc(Br)o1. The first-order valence-corrected chi connectivity index (χ1v) is 5.90. The molecule has 1 unspecified atom stereocenters. The van der Waals surface area contributed by atoms with Crippen LogP contribution >= 0.6 is 27.3 Å². The number of halogens is 1. The summed E-state index contributed by atoms with van der Waals surface area (Å²) < 4.78 is 6.14. The molecule has 0 saturated heterocycles. The third-order valence-corrected chi connectivity index (χ3v) is 3.42. The monoisotopic (exact) mass is 271 g/mol. The van der Waals surface area contributed by atoms with Gasteiger partial charge >= 0.3 is 0 Å². The van der Waals surface area contributed by atoms with Crippen LogP contribution in [0.2, 0.25) is 0 Å². The van der Waals surface area contributed by atoms with Gasteiger partial charge in [-0.2, -0.15) is 0 Å². The van der Waals surface area contributed by atoms with Gasteiger partial charge in [-0.25, -0.2) is 0 Å². The molecular weight excluding hydrogens is 262 g/mol. The summed E-state index contributed by atoms with van der Waals surface area (Å²) >= 11 is 4.96. The molecule has 0 saturated carbocycles. The molecule has 4 heteroatoms. The lowest BCUT2D eigenvalue weighted by molar-refractivity contribution is 0.470. The normalized spacial score (nSPS) is 13.1. The van der Waals surface area contributed by atoms with E-state index < -0.39 is 0 Å². The van der Waals surface area contributed by atoms with Crippen molar-refractivity contribution in [3.05, 3.63) is 44.4 Å². The molecule has 0 aliphatic rings. The second-order valence-corrected chi connectivity index (χ2v) is 4.95. The highest BCUT2D eigenvalue weighted by Gasteiger charge is 2.15. The third kappa shape index (κ3) is 1.78. The topological polar surface area (TPSA) is 39.2 Å². The largest absolute Gasteiger partial charge is 0.452 e. The Morgan fingerprint density at radius 1 is 1.43 bits per heavy atom. The lowest BCUT2D eigenvalue weighted by Gasteiger charge is -2.07. The Hall–Kier alpha value is -0.580. The van der Waals surface area contributed by atoms with Gasteiger partial charge in [0.15, 0.2) is 4.67 Å². The van der Waals surface area contributed by atoms with Gasteiger partial charge in [-0.1, -0.05) is 0 Å². The van der Waals surface area contributed by atoms with E-state index >= 15 is 0 Å². The first-order valence-electron chi connectivity index (χ1n) is 4.23. The van der Waals surface area contributed by atoms with Gasteiger partial charge in [-0.05, 0) is 52.0 Å². The predicted molar refractivity (Wildman–Crippen MR) is 61.5 cm³/mol. The lowest BCUT2D eigenvalue weighted by atomic mass is 10.1. The molecule has 1 atom stereocenters. The average Bonchev–Trinajstić information content (AvgIpc) is 2.73. The standard InChI is InChI=1S/C10H10BrNOS/c1-6-7(4-5-14-6)10(12)8-2-3-9(11)13-8/h2-5,10H,12H2,1H3. The highest BCUT2D eigenvalue weighted by atomic mass is 79.9. The molecule has 2 heterocycles. The summed E-state index contributed by atoms with van der Waals surface area (Å²) in [5, 5.41) is 2.04. The van der Waals surface area contributed by atoms with Gasteiger partial charge in [-0.3, -0.25) is 0 Å². The van der Waals surface area contributed by atoms with E-state index in [0.717, 1.165) is 16.0 Å². The van der Waals surface area contributed by atoms with Gasteiger partial charge in [-0.15, -0.1) is 11.3 Å². The summed E-state index contributed by atoms with van der Waals surface area (Å²) in [5.41, 5.74) is 7.20. The van der Waals surface area contributed by atoms with Crippen LogP contribution in [-0.4, -0.2) is 0 Å². The molecule has 2 nitrogen and oxygen atoms in total. The molecule has 2 aromatic rings. The van der Waals surface area contributed by atoms with E-state index in [2.05, 4.69) is 22.9 Å². The molecule has 0 spiro atoms. The Morgan fingerprint density at radius 3 is 2.71 bits per heavy atom. The number of furan rings is 1. The van der Waals surface area contributed by atoms with Crippen molar-refractivity contribution in [1.82, 2.24) is 0 Å². The summed E-state index contributed by atoms with van der Waals surface area (Å²) in [5.74, 6) is 0.790. The first-order chi connectivity index (χ1) is 6.68. The van der Waals surface area contributed by atoms with Crippen LogP contribution in [0, 0.1) is 6.92 Å². The molecule has 2 rings (SSSR count). The summed E-state index contributed by atoms with van der Waals surface area (Å²) in [6, 6.07) is 5.64. The van der Waals surface area contributed by atoms with Crippen LogP contribution in [0.1, 0.15) is 22.2 Å². The van der Waals surface area contributed by atoms with Crippen LogP contribution in [0.15, 0.2) is 32.7 Å². The minimum absolute atomic E-state index is 0.160. The third-order valence-electron chi connectivity index (χ3n) is 2.13. The smallest absolute Gasteiger partial charge is 0.169 e. The molecular formula is C10H10BrNOS. The van der Waals surface area contributed by atoms with E-state index in [1.807, 2.05) is 23.6 Å². The van der Waals surface area contributed by atoms with Crippen molar-refractivity contribution in [3.8, 4) is 0 Å². The molecule has 0 radical (unpaired) electrons. The van der Waals surface area contributed by atoms with E-state index in [1.165, 1.54) is 4.88 Å². The minimum Gasteiger partial charge on any atom is -0.452 e. The van der Waals surface area contributed by atoms with Crippen LogP contribution in [0.5, 0.6) is 0 Å². The fourth-order valence-corrected chi connectivity index (χ4v) is 2.44. The predicted octanol–water partition coefficient (Wildman–Crippen LogP) is 3.46. The first kappa shape index (κ1) is 9.96. The fourth-order valence-electron chi connectivity index (χ4n) is 1.37. The van der Waals surface area contributed by atoms with Gasteiger partial charge in [0.05, 0.1) is 6.04 Å². The number of nitrogens with two attached hydrogens (primary N) is 1. The quantitative estimate of drug-likeness (QED) is 0.909. The Morgan fingerprint density at radius 2 is 2.21 bits per heavy atom. The van der Waals surface area contributed by atoms with Crippen molar-refractivity contribution < 1.29 is 4.42 Å². The highest BCUT2D eigenvalue weighted by molar-refractivity contribution is 9.10. The summed E-state index contributed by atoms with van der Waals surface area (Å²) in [4.78, 5) is 1.24. The van der Waals surface area contributed by atoms with E-state index in [0.29, 0.717) is 0 Å². The molecule has 2 N–H and O–H groups in total. The summed E-state index contributed by atoms with van der Waals surface area (Å²) in [7, 11) is 0. The number of rotatable bonds is 2. The molecule has 0 aromatic carbocycles. The van der Waals surface area contributed by atoms with Crippen molar-refractivity contribution in [1.29, 1.82) is 0 Å². The van der Waals surface area contributed by atoms with Gasteiger partial charge in [0.1, 0.15) is 5.76 Å². The van der Waals surface area contributed by atoms with Crippen LogP contribution < -0.4 is 5.73 Å². The van der Waals surface area contributed by atoms with Crippen molar-refractivity contribution >= 4 is 27.3 Å². The van der Waals surface area contributed by atoms with Gasteiger partial charge in [0, 0.05) is 4.88 Å². The Kier molecular flexibility index (Phi) is 2.76. The van der Waals surface area contributed by atoms with E-state index in [1.54, 1.807) is 11.3 Å². The molecule has 0 aliphatic heterocycles. The molecule has 0 amide bonds. The maximum absolute atomic E-state index is 6.07. The summed E-state index contributed by atoms with van der Waals surface area (Å²) in [6.07, 6.45) is 0. The molecule has 74 valence electrons. The zero-order valence-electron chi connectivity index (χ0n) is 7.66. The zero-order chi connectivity index (χ0) is 10.1. The Bertz CT molecular complexity index is 435. The van der Waals surface area contributed by atoms with E-state index in [9.17, 15) is 0 Å². The average molecular weight is 272 g/mol. The van der Waals surface area contributed by atoms with Crippen LogP contribution in [0.25, 0.3) is 0 Å². The number of thiophene rings is 1. The second kappa shape index (κ2) is 3.88. The van der Waals surface area contributed by atoms with Crippen molar-refractivity contribution in [2.75, 3.05) is 0 Å². The van der Waals surface area contributed by atoms with E-state index in [-0.39, 0.29) is 6.04 Å². The van der Waals surface area contributed by atoms with Crippen LogP contribution in [0.4, 0.5) is 0 Å². The lowest BCUT2D eigenvalue weighted by Crippen LogP contribution is -2.10.